The van der Waals surface area contributed by atoms with Crippen LogP contribution in [0.2, 0.25) is 5.02 Å². The van der Waals surface area contributed by atoms with E-state index >= 15 is 0 Å². The number of anilines is 1. The van der Waals surface area contributed by atoms with Gasteiger partial charge in [0.15, 0.2) is 0 Å². The van der Waals surface area contributed by atoms with Crippen LogP contribution in [0.5, 0.6) is 0 Å². The van der Waals surface area contributed by atoms with Crippen LogP contribution in [0, 0.1) is 11.3 Å². The first-order valence-electron chi connectivity index (χ1n) is 8.86. The minimum Gasteiger partial charge on any atom is -0.423 e. The molecule has 1 aliphatic carbocycles. The molecular weight excluding hydrogens is 336 g/mol. The van der Waals surface area contributed by atoms with E-state index in [0.717, 1.165) is 62.9 Å². The molecule has 0 N–H and O–H groups in total. The van der Waals surface area contributed by atoms with Gasteiger partial charge in [-0.15, -0.1) is 0 Å². The number of aromatic nitrogens is 1. The van der Waals surface area contributed by atoms with E-state index < -0.39 is 0 Å². The van der Waals surface area contributed by atoms with Gasteiger partial charge in [0.25, 0.3) is 0 Å². The Morgan fingerprint density at radius 3 is 2.64 bits per heavy atom. The first-order chi connectivity index (χ1) is 12.2. The maximum atomic E-state index is 9.33. The van der Waals surface area contributed by atoms with Gasteiger partial charge in [-0.3, -0.25) is 4.90 Å². The molecular formula is C19H21ClN4O. The van der Waals surface area contributed by atoms with E-state index in [-0.39, 0.29) is 0 Å². The summed E-state index contributed by atoms with van der Waals surface area (Å²) in [5.74, 6) is 1.83. The summed E-state index contributed by atoms with van der Waals surface area (Å²) in [6.07, 6.45) is 3.21. The van der Waals surface area contributed by atoms with Crippen LogP contribution < -0.4 is 4.90 Å². The fraction of sp³-hybridized carbons (Fsp3) is 0.474. The highest BCUT2D eigenvalue weighted by Gasteiger charge is 2.32. The lowest BCUT2D eigenvalue weighted by atomic mass is 10.1. The maximum Gasteiger partial charge on any atom is 0.234 e. The van der Waals surface area contributed by atoms with Crippen molar-refractivity contribution >= 4 is 17.5 Å². The number of piperazine rings is 1. The molecule has 4 rings (SSSR count). The average Bonchev–Trinajstić information content (AvgIpc) is 3.41. The van der Waals surface area contributed by atoms with Gasteiger partial charge < -0.3 is 9.32 Å². The number of nitriles is 1. The second-order valence-electron chi connectivity index (χ2n) is 6.76. The summed E-state index contributed by atoms with van der Waals surface area (Å²) in [6.45, 7) is 4.61. The SMILES string of the molecule is N#Cc1nc(C2CC2)oc1N1CCN(CCc2ccccc2Cl)CC1. The van der Waals surface area contributed by atoms with E-state index in [1.165, 1.54) is 5.56 Å². The molecule has 0 unspecified atom stereocenters. The normalized spacial score (nSPS) is 18.3. The fourth-order valence-electron chi connectivity index (χ4n) is 3.27. The van der Waals surface area contributed by atoms with Gasteiger partial charge in [0.2, 0.25) is 17.5 Å². The molecule has 1 saturated heterocycles. The summed E-state index contributed by atoms with van der Waals surface area (Å²) in [5, 5.41) is 10.2. The Bertz CT molecular complexity index is 785. The summed E-state index contributed by atoms with van der Waals surface area (Å²) in [4.78, 5) is 8.96. The summed E-state index contributed by atoms with van der Waals surface area (Å²) in [5.41, 5.74) is 1.63. The molecule has 1 aromatic heterocycles. The molecule has 2 heterocycles. The Morgan fingerprint density at radius 2 is 1.96 bits per heavy atom. The number of nitrogens with zero attached hydrogens (tertiary/aromatic N) is 4. The van der Waals surface area contributed by atoms with Crippen LogP contribution in [-0.2, 0) is 6.42 Å². The van der Waals surface area contributed by atoms with Crippen molar-refractivity contribution < 1.29 is 4.42 Å². The maximum absolute atomic E-state index is 9.33. The summed E-state index contributed by atoms with van der Waals surface area (Å²) in [6, 6.07) is 10.2. The highest BCUT2D eigenvalue weighted by atomic mass is 35.5. The van der Waals surface area contributed by atoms with E-state index in [1.807, 2.05) is 18.2 Å². The van der Waals surface area contributed by atoms with Crippen molar-refractivity contribution in [3.63, 3.8) is 0 Å². The molecule has 0 radical (unpaired) electrons. The van der Waals surface area contributed by atoms with Gasteiger partial charge in [-0.2, -0.15) is 5.26 Å². The van der Waals surface area contributed by atoms with Crippen LogP contribution >= 0.6 is 11.6 Å². The molecule has 1 saturated carbocycles. The smallest absolute Gasteiger partial charge is 0.234 e. The highest BCUT2D eigenvalue weighted by molar-refractivity contribution is 6.31. The van der Waals surface area contributed by atoms with Crippen molar-refractivity contribution in [3.05, 3.63) is 46.4 Å². The highest BCUT2D eigenvalue weighted by Crippen LogP contribution is 2.41. The molecule has 0 amide bonds. The second kappa shape index (κ2) is 7.07. The molecule has 6 heteroatoms. The minimum atomic E-state index is 0.428. The molecule has 1 aromatic carbocycles. The number of benzene rings is 1. The minimum absolute atomic E-state index is 0.428. The molecule has 2 fully saturated rings. The lowest BCUT2D eigenvalue weighted by Crippen LogP contribution is -2.47. The van der Waals surface area contributed by atoms with Crippen molar-refractivity contribution in [1.29, 1.82) is 5.26 Å². The van der Waals surface area contributed by atoms with Crippen LogP contribution in [-0.4, -0.2) is 42.6 Å². The lowest BCUT2D eigenvalue weighted by molar-refractivity contribution is 0.256. The number of oxazole rings is 1. The number of hydrogen-bond donors (Lipinski definition) is 0. The quantitative estimate of drug-likeness (QED) is 0.821. The van der Waals surface area contributed by atoms with Gasteiger partial charge in [0, 0.05) is 43.7 Å². The molecule has 5 nitrogen and oxygen atoms in total. The summed E-state index contributed by atoms with van der Waals surface area (Å²) < 4.78 is 5.91. The summed E-state index contributed by atoms with van der Waals surface area (Å²) in [7, 11) is 0. The van der Waals surface area contributed by atoms with Crippen LogP contribution in [0.4, 0.5) is 5.88 Å². The van der Waals surface area contributed by atoms with Crippen molar-refractivity contribution in [3.8, 4) is 6.07 Å². The van der Waals surface area contributed by atoms with Crippen LogP contribution in [0.1, 0.15) is 35.9 Å². The number of hydrogen-bond acceptors (Lipinski definition) is 5. The molecule has 1 aliphatic heterocycles. The topological polar surface area (TPSA) is 56.3 Å². The molecule has 0 bridgehead atoms. The van der Waals surface area contributed by atoms with E-state index in [9.17, 15) is 5.26 Å². The average molecular weight is 357 g/mol. The first kappa shape index (κ1) is 16.4. The van der Waals surface area contributed by atoms with Gasteiger partial charge in [0.1, 0.15) is 6.07 Å². The third-order valence-corrected chi connectivity index (χ3v) is 5.34. The molecule has 2 aliphatic rings. The molecule has 25 heavy (non-hydrogen) atoms. The van der Waals surface area contributed by atoms with Crippen molar-refractivity contribution in [1.82, 2.24) is 9.88 Å². The first-order valence-corrected chi connectivity index (χ1v) is 9.24. The van der Waals surface area contributed by atoms with Crippen LogP contribution in [0.25, 0.3) is 0 Å². The molecule has 0 spiro atoms. The Hall–Kier alpha value is -2.03. The Labute approximate surface area is 152 Å². The van der Waals surface area contributed by atoms with E-state index in [4.69, 9.17) is 16.0 Å². The van der Waals surface area contributed by atoms with Crippen LogP contribution in [0.15, 0.2) is 28.7 Å². The van der Waals surface area contributed by atoms with Crippen molar-refractivity contribution in [2.75, 3.05) is 37.6 Å². The van der Waals surface area contributed by atoms with E-state index in [0.29, 0.717) is 17.5 Å². The van der Waals surface area contributed by atoms with E-state index in [1.54, 1.807) is 0 Å². The molecule has 130 valence electrons. The number of halogens is 1. The zero-order valence-corrected chi connectivity index (χ0v) is 14.9. The third-order valence-electron chi connectivity index (χ3n) is 4.97. The van der Waals surface area contributed by atoms with E-state index in [2.05, 4.69) is 26.9 Å². The second-order valence-corrected chi connectivity index (χ2v) is 7.17. The van der Waals surface area contributed by atoms with Crippen molar-refractivity contribution in [2.45, 2.75) is 25.2 Å². The molecule has 0 atom stereocenters. The predicted octanol–water partition coefficient (Wildman–Crippen LogP) is 3.44. The lowest BCUT2D eigenvalue weighted by Gasteiger charge is -2.34. The largest absolute Gasteiger partial charge is 0.423 e. The van der Waals surface area contributed by atoms with Gasteiger partial charge in [-0.05, 0) is 30.9 Å². The number of rotatable bonds is 5. The van der Waals surface area contributed by atoms with Gasteiger partial charge >= 0.3 is 0 Å². The zero-order chi connectivity index (χ0) is 17.2. The van der Waals surface area contributed by atoms with Gasteiger partial charge in [-0.25, -0.2) is 4.98 Å². The predicted molar refractivity (Wildman–Crippen MR) is 97.0 cm³/mol. The van der Waals surface area contributed by atoms with Crippen molar-refractivity contribution in [2.24, 2.45) is 0 Å². The Morgan fingerprint density at radius 1 is 1.20 bits per heavy atom. The zero-order valence-electron chi connectivity index (χ0n) is 14.1. The Balaban J connectivity index is 1.34. The fourth-order valence-corrected chi connectivity index (χ4v) is 3.50. The standard InChI is InChI=1S/C19H21ClN4O/c20-16-4-2-1-3-14(16)7-8-23-9-11-24(12-10-23)19-17(13-21)22-18(25-19)15-5-6-15/h1-4,15H,5-12H2. The van der Waals surface area contributed by atoms with Gasteiger partial charge in [0.05, 0.1) is 0 Å². The summed E-state index contributed by atoms with van der Waals surface area (Å²) >= 11 is 6.23. The third kappa shape index (κ3) is 3.65. The van der Waals surface area contributed by atoms with Crippen LogP contribution in [0.3, 0.4) is 0 Å². The Kier molecular flexibility index (Phi) is 4.65. The monoisotopic (exact) mass is 356 g/mol. The van der Waals surface area contributed by atoms with Gasteiger partial charge in [-0.1, -0.05) is 29.8 Å². The molecule has 2 aromatic rings.